The minimum atomic E-state index is -0.808. The molecule has 0 heterocycles. The number of allylic oxidation sites excluding steroid dienone is 12. The van der Waals surface area contributed by atoms with E-state index in [0.29, 0.717) is 25.7 Å². The summed E-state index contributed by atoms with van der Waals surface area (Å²) in [4.78, 5) is 37.7. The van der Waals surface area contributed by atoms with E-state index in [1.165, 1.54) is 96.3 Å². The fraction of sp³-hybridized carbons (Fsp3) is 0.712. The SMILES string of the molecule is CC/C=C\C/C=C\CCCCCCCCCC(=O)OC(COC(=O)CCC/C=C\C/C=C\C/C=C\CCCCCCCC)COC(=O)CCC/C=C\CCCCCC. The van der Waals surface area contributed by atoms with Gasteiger partial charge in [0.2, 0.25) is 0 Å². The van der Waals surface area contributed by atoms with Crippen LogP contribution in [0.5, 0.6) is 0 Å². The molecule has 0 fully saturated rings. The van der Waals surface area contributed by atoms with Crippen LogP contribution >= 0.6 is 0 Å². The molecule has 6 nitrogen and oxygen atoms in total. The normalized spacial score (nSPS) is 12.7. The summed E-state index contributed by atoms with van der Waals surface area (Å²) in [7, 11) is 0. The summed E-state index contributed by atoms with van der Waals surface area (Å²) in [6.07, 6.45) is 57.6. The highest BCUT2D eigenvalue weighted by molar-refractivity contribution is 5.71. The van der Waals surface area contributed by atoms with Gasteiger partial charge >= 0.3 is 17.9 Å². The summed E-state index contributed by atoms with van der Waals surface area (Å²) in [6.45, 7) is 6.40. The Morgan fingerprint density at radius 2 is 0.690 bits per heavy atom. The first-order valence-corrected chi connectivity index (χ1v) is 23.9. The van der Waals surface area contributed by atoms with Crippen LogP contribution in [0.1, 0.15) is 220 Å². The molecule has 0 bridgehead atoms. The van der Waals surface area contributed by atoms with E-state index >= 15 is 0 Å². The lowest BCUT2D eigenvalue weighted by molar-refractivity contribution is -0.167. The van der Waals surface area contributed by atoms with Crippen molar-refractivity contribution in [3.05, 3.63) is 72.9 Å². The maximum absolute atomic E-state index is 12.7. The summed E-state index contributed by atoms with van der Waals surface area (Å²) in [5.41, 5.74) is 0. The van der Waals surface area contributed by atoms with Crippen LogP contribution in [0.4, 0.5) is 0 Å². The van der Waals surface area contributed by atoms with E-state index in [9.17, 15) is 14.4 Å². The Hall–Kier alpha value is -3.15. The van der Waals surface area contributed by atoms with Crippen molar-refractivity contribution in [1.29, 1.82) is 0 Å². The van der Waals surface area contributed by atoms with Crippen LogP contribution in [0.3, 0.4) is 0 Å². The third-order valence-corrected chi connectivity index (χ3v) is 9.91. The molecule has 0 aromatic heterocycles. The molecule has 1 unspecified atom stereocenters. The first-order chi connectivity index (χ1) is 28.5. The van der Waals surface area contributed by atoms with Gasteiger partial charge in [0.15, 0.2) is 6.10 Å². The zero-order valence-corrected chi connectivity index (χ0v) is 37.8. The molecule has 0 aromatic carbocycles. The summed E-state index contributed by atoms with van der Waals surface area (Å²) < 4.78 is 16.6. The summed E-state index contributed by atoms with van der Waals surface area (Å²) in [6, 6.07) is 0. The van der Waals surface area contributed by atoms with Crippen LogP contribution in [0.15, 0.2) is 72.9 Å². The van der Waals surface area contributed by atoms with Crippen molar-refractivity contribution in [3.8, 4) is 0 Å². The van der Waals surface area contributed by atoms with Crippen LogP contribution < -0.4 is 0 Å². The smallest absolute Gasteiger partial charge is 0.306 e. The lowest BCUT2D eigenvalue weighted by Gasteiger charge is -2.18. The second kappa shape index (κ2) is 46.5. The average molecular weight is 809 g/mol. The predicted molar refractivity (Wildman–Crippen MR) is 247 cm³/mol. The van der Waals surface area contributed by atoms with Crippen LogP contribution in [0.25, 0.3) is 0 Å². The fourth-order valence-corrected chi connectivity index (χ4v) is 6.32. The van der Waals surface area contributed by atoms with Crippen molar-refractivity contribution >= 4 is 17.9 Å². The summed E-state index contributed by atoms with van der Waals surface area (Å²) >= 11 is 0. The number of rotatable bonds is 42. The third kappa shape index (κ3) is 44.0. The van der Waals surface area contributed by atoms with Crippen molar-refractivity contribution in [1.82, 2.24) is 0 Å². The minimum absolute atomic E-state index is 0.110. The Bertz CT molecular complexity index is 1110. The lowest BCUT2D eigenvalue weighted by Crippen LogP contribution is -2.30. The quantitative estimate of drug-likeness (QED) is 0.0264. The van der Waals surface area contributed by atoms with Gasteiger partial charge in [-0.25, -0.2) is 0 Å². The molecule has 6 heteroatoms. The van der Waals surface area contributed by atoms with Gasteiger partial charge in [-0.1, -0.05) is 177 Å². The van der Waals surface area contributed by atoms with Crippen molar-refractivity contribution in [2.75, 3.05) is 13.2 Å². The minimum Gasteiger partial charge on any atom is -0.462 e. The Balaban J connectivity index is 4.46. The lowest BCUT2D eigenvalue weighted by atomic mass is 10.1. The molecule has 0 aliphatic rings. The van der Waals surface area contributed by atoms with Gasteiger partial charge in [-0.2, -0.15) is 0 Å². The molecule has 0 N–H and O–H groups in total. The molecule has 0 amide bonds. The van der Waals surface area contributed by atoms with Gasteiger partial charge in [0.1, 0.15) is 13.2 Å². The van der Waals surface area contributed by atoms with Crippen molar-refractivity contribution in [2.45, 2.75) is 226 Å². The van der Waals surface area contributed by atoms with Crippen LogP contribution in [-0.4, -0.2) is 37.2 Å². The molecule has 0 aliphatic carbocycles. The maximum atomic E-state index is 12.7. The Kier molecular flexibility index (Phi) is 44.0. The predicted octanol–water partition coefficient (Wildman–Crippen LogP) is 15.5. The zero-order chi connectivity index (χ0) is 42.3. The van der Waals surface area contributed by atoms with E-state index in [4.69, 9.17) is 14.2 Å². The van der Waals surface area contributed by atoms with E-state index in [-0.39, 0.29) is 37.5 Å². The number of carbonyl (C=O) groups is 3. The van der Waals surface area contributed by atoms with E-state index < -0.39 is 6.10 Å². The molecule has 0 saturated heterocycles. The van der Waals surface area contributed by atoms with E-state index in [1.807, 2.05) is 0 Å². The number of hydrogen-bond donors (Lipinski definition) is 0. The fourth-order valence-electron chi connectivity index (χ4n) is 6.32. The molecule has 0 radical (unpaired) electrons. The average Bonchev–Trinajstić information content (AvgIpc) is 3.22. The van der Waals surface area contributed by atoms with Gasteiger partial charge in [0.05, 0.1) is 0 Å². The monoisotopic (exact) mass is 809 g/mol. The maximum Gasteiger partial charge on any atom is 0.306 e. The number of hydrogen-bond acceptors (Lipinski definition) is 6. The molecule has 0 saturated carbocycles. The molecular weight excluding hydrogens is 721 g/mol. The Morgan fingerprint density at radius 1 is 0.362 bits per heavy atom. The Labute approximate surface area is 357 Å². The molecule has 0 rings (SSSR count). The van der Waals surface area contributed by atoms with Crippen LogP contribution in [0.2, 0.25) is 0 Å². The molecule has 1 atom stereocenters. The molecule has 58 heavy (non-hydrogen) atoms. The van der Waals surface area contributed by atoms with Crippen molar-refractivity contribution < 1.29 is 28.6 Å². The highest BCUT2D eigenvalue weighted by atomic mass is 16.6. The highest BCUT2D eigenvalue weighted by Gasteiger charge is 2.19. The van der Waals surface area contributed by atoms with E-state index in [2.05, 4.69) is 93.7 Å². The van der Waals surface area contributed by atoms with Gasteiger partial charge in [-0.15, -0.1) is 0 Å². The standard InChI is InChI=1S/C52H88O6/c1-4-7-10-13-16-19-21-23-25-26-27-29-30-33-36-39-42-45-51(54)57-48-49(47-56-50(53)44-41-38-35-32-18-15-12-9-6-3)58-52(55)46-43-40-37-34-31-28-24-22-20-17-14-11-8-5-2/h8,11,17,20,23,25,27,29,32-33,35-36,49H,4-7,9-10,12-16,18-19,21-22,24,26,28,30-31,34,37-48H2,1-3H3/b11-8-,20-17-,25-23-,29-27-,35-32-,36-33-. The van der Waals surface area contributed by atoms with Gasteiger partial charge in [-0.3, -0.25) is 14.4 Å². The highest BCUT2D eigenvalue weighted by Crippen LogP contribution is 2.13. The summed E-state index contributed by atoms with van der Waals surface area (Å²) in [5, 5.41) is 0. The van der Waals surface area contributed by atoms with Crippen molar-refractivity contribution in [2.24, 2.45) is 0 Å². The second-order valence-electron chi connectivity index (χ2n) is 15.6. The van der Waals surface area contributed by atoms with Gasteiger partial charge in [0.25, 0.3) is 0 Å². The molecule has 0 aromatic rings. The third-order valence-electron chi connectivity index (χ3n) is 9.91. The Morgan fingerprint density at radius 3 is 1.14 bits per heavy atom. The van der Waals surface area contributed by atoms with Gasteiger partial charge in [0, 0.05) is 19.3 Å². The second-order valence-corrected chi connectivity index (χ2v) is 15.6. The summed E-state index contributed by atoms with van der Waals surface area (Å²) in [5.74, 6) is -1.01. The molecular formula is C52H88O6. The number of carbonyl (C=O) groups excluding carboxylic acids is 3. The topological polar surface area (TPSA) is 78.9 Å². The first kappa shape index (κ1) is 54.9. The largest absolute Gasteiger partial charge is 0.462 e. The van der Waals surface area contributed by atoms with Crippen molar-refractivity contribution in [3.63, 3.8) is 0 Å². The van der Waals surface area contributed by atoms with E-state index in [0.717, 1.165) is 70.6 Å². The first-order valence-electron chi connectivity index (χ1n) is 23.9. The van der Waals surface area contributed by atoms with Gasteiger partial charge in [-0.05, 0) is 96.3 Å². The molecule has 0 aliphatic heterocycles. The van der Waals surface area contributed by atoms with Crippen LogP contribution in [-0.2, 0) is 28.6 Å². The number of esters is 3. The zero-order valence-electron chi connectivity index (χ0n) is 37.8. The number of ether oxygens (including phenoxy) is 3. The number of unbranched alkanes of at least 4 members (excludes halogenated alkanes) is 19. The molecule has 332 valence electrons. The molecule has 0 spiro atoms. The van der Waals surface area contributed by atoms with Crippen LogP contribution in [0, 0.1) is 0 Å². The van der Waals surface area contributed by atoms with E-state index in [1.54, 1.807) is 0 Å². The van der Waals surface area contributed by atoms with Gasteiger partial charge < -0.3 is 14.2 Å².